The number of carbonyl (C=O) groups is 1. The number of carboxylic acid groups (broad SMARTS) is 1. The lowest BCUT2D eigenvalue weighted by Gasteiger charge is -2.17. The van der Waals surface area contributed by atoms with E-state index in [-0.39, 0.29) is 24.4 Å². The number of ether oxygens (including phenoxy) is 1. The molecule has 1 unspecified atom stereocenters. The van der Waals surface area contributed by atoms with Crippen molar-refractivity contribution < 1.29 is 29.2 Å². The van der Waals surface area contributed by atoms with Gasteiger partial charge in [-0.15, -0.1) is 0 Å². The third-order valence-electron chi connectivity index (χ3n) is 4.23. The van der Waals surface area contributed by atoms with Crippen molar-refractivity contribution in [3.05, 3.63) is 65.2 Å². The normalized spacial score (nSPS) is 14.2. The fourth-order valence-electron chi connectivity index (χ4n) is 2.91. The molecule has 0 aliphatic rings. The van der Waals surface area contributed by atoms with Crippen molar-refractivity contribution in [1.82, 2.24) is 5.32 Å². The SMILES string of the molecule is COc1ccc(CCNC[C@H](O)CP(=O)(O)Cc2ccccc2)cc1C(=O)O. The maximum absolute atomic E-state index is 12.3. The average molecular weight is 407 g/mol. The highest BCUT2D eigenvalue weighted by Crippen LogP contribution is 2.44. The molecule has 0 fully saturated rings. The van der Waals surface area contributed by atoms with Crippen molar-refractivity contribution in [2.24, 2.45) is 0 Å². The van der Waals surface area contributed by atoms with E-state index in [9.17, 15) is 24.5 Å². The van der Waals surface area contributed by atoms with Gasteiger partial charge in [0, 0.05) is 12.7 Å². The fraction of sp³-hybridized carbons (Fsp3) is 0.350. The molecule has 0 saturated carbocycles. The molecular weight excluding hydrogens is 381 g/mol. The summed E-state index contributed by atoms with van der Waals surface area (Å²) in [7, 11) is -2.05. The summed E-state index contributed by atoms with van der Waals surface area (Å²) in [5.41, 5.74) is 1.68. The first kappa shape index (κ1) is 22.1. The second-order valence-electron chi connectivity index (χ2n) is 6.62. The van der Waals surface area contributed by atoms with E-state index < -0.39 is 19.4 Å². The number of methoxy groups -OCH3 is 1. The quantitative estimate of drug-likeness (QED) is 0.334. The predicted octanol–water partition coefficient (Wildman–Crippen LogP) is 2.36. The van der Waals surface area contributed by atoms with Crippen molar-refractivity contribution in [3.63, 3.8) is 0 Å². The number of aromatic carboxylic acids is 1. The van der Waals surface area contributed by atoms with Gasteiger partial charge >= 0.3 is 5.97 Å². The Hall–Kier alpha value is -2.18. The van der Waals surface area contributed by atoms with E-state index in [4.69, 9.17) is 4.74 Å². The molecule has 0 aliphatic heterocycles. The van der Waals surface area contributed by atoms with Gasteiger partial charge in [-0.3, -0.25) is 4.57 Å². The van der Waals surface area contributed by atoms with Crippen molar-refractivity contribution in [1.29, 1.82) is 0 Å². The maximum Gasteiger partial charge on any atom is 0.339 e. The third kappa shape index (κ3) is 7.09. The van der Waals surface area contributed by atoms with Crippen molar-refractivity contribution in [3.8, 4) is 5.75 Å². The summed E-state index contributed by atoms with van der Waals surface area (Å²) in [5.74, 6) is -0.754. The molecule has 0 aliphatic carbocycles. The van der Waals surface area contributed by atoms with Crippen LogP contribution < -0.4 is 10.1 Å². The molecule has 0 radical (unpaired) electrons. The fourth-order valence-corrected chi connectivity index (χ4v) is 4.60. The van der Waals surface area contributed by atoms with Crippen LogP contribution in [0.15, 0.2) is 48.5 Å². The Morgan fingerprint density at radius 2 is 1.89 bits per heavy atom. The summed E-state index contributed by atoms with van der Waals surface area (Å²) in [6, 6.07) is 14.0. The van der Waals surface area contributed by atoms with E-state index in [1.165, 1.54) is 7.11 Å². The molecule has 0 spiro atoms. The zero-order chi connectivity index (χ0) is 20.6. The second-order valence-corrected chi connectivity index (χ2v) is 8.99. The molecule has 0 saturated heterocycles. The van der Waals surface area contributed by atoms with E-state index in [1.807, 2.05) is 18.2 Å². The predicted molar refractivity (Wildman–Crippen MR) is 107 cm³/mol. The Kier molecular flexibility index (Phi) is 8.20. The third-order valence-corrected chi connectivity index (χ3v) is 6.08. The zero-order valence-corrected chi connectivity index (χ0v) is 16.6. The van der Waals surface area contributed by atoms with E-state index in [0.717, 1.165) is 11.1 Å². The lowest BCUT2D eigenvalue weighted by atomic mass is 10.1. The van der Waals surface area contributed by atoms with Gasteiger partial charge in [-0.25, -0.2) is 4.79 Å². The highest BCUT2D eigenvalue weighted by atomic mass is 31.2. The summed E-state index contributed by atoms with van der Waals surface area (Å²) in [6.07, 6.45) is -0.530. The molecule has 2 atom stereocenters. The van der Waals surface area contributed by atoms with Crippen LogP contribution in [-0.4, -0.2) is 53.5 Å². The lowest BCUT2D eigenvalue weighted by molar-refractivity contribution is 0.0693. The molecule has 2 rings (SSSR count). The number of hydrogen-bond acceptors (Lipinski definition) is 5. The molecule has 0 aromatic heterocycles. The number of nitrogens with one attached hydrogen (secondary N) is 1. The lowest BCUT2D eigenvalue weighted by Crippen LogP contribution is -2.31. The number of rotatable bonds is 11. The summed E-state index contributed by atoms with van der Waals surface area (Å²) in [5, 5.41) is 22.3. The monoisotopic (exact) mass is 407 g/mol. The topological polar surface area (TPSA) is 116 Å². The molecular formula is C20H26NO6P. The molecule has 0 bridgehead atoms. The number of aliphatic hydroxyl groups excluding tert-OH is 1. The van der Waals surface area contributed by atoms with Gasteiger partial charge in [-0.1, -0.05) is 36.4 Å². The van der Waals surface area contributed by atoms with E-state index in [1.54, 1.807) is 30.3 Å². The van der Waals surface area contributed by atoms with Crippen LogP contribution in [0, 0.1) is 0 Å². The van der Waals surface area contributed by atoms with Gasteiger partial charge in [0.15, 0.2) is 0 Å². The van der Waals surface area contributed by atoms with Crippen LogP contribution in [0.4, 0.5) is 0 Å². The Labute approximate surface area is 164 Å². The smallest absolute Gasteiger partial charge is 0.339 e. The van der Waals surface area contributed by atoms with Crippen LogP contribution in [0.25, 0.3) is 0 Å². The van der Waals surface area contributed by atoms with Crippen LogP contribution in [-0.2, 0) is 17.1 Å². The van der Waals surface area contributed by atoms with Crippen LogP contribution in [0.1, 0.15) is 21.5 Å². The summed E-state index contributed by atoms with van der Waals surface area (Å²) >= 11 is 0. The molecule has 0 heterocycles. The van der Waals surface area contributed by atoms with Crippen molar-refractivity contribution in [2.75, 3.05) is 26.4 Å². The van der Waals surface area contributed by atoms with E-state index in [2.05, 4.69) is 5.32 Å². The molecule has 4 N–H and O–H groups in total. The standard InChI is InChI=1S/C20H26NO6P/c1-27-19-8-7-15(11-18(19)20(23)24)9-10-21-12-17(22)14-28(25,26)13-16-5-3-2-4-6-16/h2-8,11,17,21-22H,9-10,12-14H2,1H3,(H,23,24)(H,25,26)/t17-/m0/s1. The molecule has 2 aromatic carbocycles. The van der Waals surface area contributed by atoms with Gasteiger partial charge in [-0.2, -0.15) is 0 Å². The van der Waals surface area contributed by atoms with Crippen LogP contribution in [0.3, 0.4) is 0 Å². The molecule has 7 nitrogen and oxygen atoms in total. The summed E-state index contributed by atoms with van der Waals surface area (Å²) < 4.78 is 17.3. The molecule has 0 amide bonds. The van der Waals surface area contributed by atoms with E-state index in [0.29, 0.717) is 18.7 Å². The van der Waals surface area contributed by atoms with Crippen LogP contribution in [0.5, 0.6) is 5.75 Å². The summed E-state index contributed by atoms with van der Waals surface area (Å²) in [6.45, 7) is 0.679. The molecule has 8 heteroatoms. The Morgan fingerprint density at radius 3 is 2.54 bits per heavy atom. The minimum atomic E-state index is -3.47. The zero-order valence-electron chi connectivity index (χ0n) is 15.7. The maximum atomic E-state index is 12.3. The van der Waals surface area contributed by atoms with Gasteiger partial charge in [0.05, 0.1) is 19.4 Å². The highest BCUT2D eigenvalue weighted by molar-refractivity contribution is 7.57. The van der Waals surface area contributed by atoms with Gasteiger partial charge in [0.1, 0.15) is 11.3 Å². The number of carboxylic acids is 1. The molecule has 2 aromatic rings. The van der Waals surface area contributed by atoms with Crippen molar-refractivity contribution in [2.45, 2.75) is 18.7 Å². The van der Waals surface area contributed by atoms with Crippen LogP contribution >= 0.6 is 7.37 Å². The van der Waals surface area contributed by atoms with Gasteiger partial charge in [0.2, 0.25) is 7.37 Å². The number of benzene rings is 2. The van der Waals surface area contributed by atoms with Crippen molar-refractivity contribution >= 4 is 13.3 Å². The first-order valence-electron chi connectivity index (χ1n) is 8.94. The summed E-state index contributed by atoms with van der Waals surface area (Å²) in [4.78, 5) is 21.3. The first-order chi connectivity index (χ1) is 13.3. The van der Waals surface area contributed by atoms with Gasteiger partial charge < -0.3 is 25.2 Å². The average Bonchev–Trinajstić information content (AvgIpc) is 2.65. The van der Waals surface area contributed by atoms with E-state index >= 15 is 0 Å². The number of aliphatic hydroxyl groups is 1. The minimum Gasteiger partial charge on any atom is -0.496 e. The van der Waals surface area contributed by atoms with Gasteiger partial charge in [-0.05, 0) is 36.2 Å². The Balaban J connectivity index is 1.78. The minimum absolute atomic E-state index is 0.0364. The highest BCUT2D eigenvalue weighted by Gasteiger charge is 2.23. The molecule has 28 heavy (non-hydrogen) atoms. The first-order valence-corrected chi connectivity index (χ1v) is 11.0. The number of hydrogen-bond donors (Lipinski definition) is 4. The Bertz CT molecular complexity index is 827. The largest absolute Gasteiger partial charge is 0.496 e. The van der Waals surface area contributed by atoms with Gasteiger partial charge in [0.25, 0.3) is 0 Å². The van der Waals surface area contributed by atoms with Crippen LogP contribution in [0.2, 0.25) is 0 Å². The molecule has 152 valence electrons. The Morgan fingerprint density at radius 1 is 1.18 bits per heavy atom. The second kappa shape index (κ2) is 10.4.